The summed E-state index contributed by atoms with van der Waals surface area (Å²) in [4.78, 5) is 146. The van der Waals surface area contributed by atoms with E-state index in [-0.39, 0.29) is 50.0 Å². The van der Waals surface area contributed by atoms with Crippen LogP contribution in [0.1, 0.15) is 99.0 Å². The van der Waals surface area contributed by atoms with E-state index in [4.69, 9.17) is 22.3 Å². The molecule has 0 aliphatic carbocycles. The maximum Gasteiger partial charge on any atom is 0.325 e. The third kappa shape index (κ3) is 24.6. The summed E-state index contributed by atoms with van der Waals surface area (Å²) in [5, 5.41) is 47.5. The van der Waals surface area contributed by atoms with Gasteiger partial charge in [-0.05, 0) is 70.3 Å². The van der Waals surface area contributed by atoms with Gasteiger partial charge in [-0.1, -0.05) is 58.0 Å². The monoisotopic (exact) mass is 1000 g/mol. The number of carbonyl (C=O) groups is 11. The second-order valence-corrected chi connectivity index (χ2v) is 17.9. The highest BCUT2D eigenvalue weighted by Crippen LogP contribution is 2.11. The number of carbonyl (C=O) groups excluding carboxylic acids is 8. The van der Waals surface area contributed by atoms with Crippen molar-refractivity contribution in [3.63, 3.8) is 0 Å². The Morgan fingerprint density at radius 1 is 0.507 bits per heavy atom. The summed E-state index contributed by atoms with van der Waals surface area (Å²) < 4.78 is 0. The first-order valence-corrected chi connectivity index (χ1v) is 23.1. The van der Waals surface area contributed by atoms with Crippen LogP contribution in [-0.4, -0.2) is 147 Å². The van der Waals surface area contributed by atoms with Gasteiger partial charge in [0.2, 0.25) is 47.3 Å². The summed E-state index contributed by atoms with van der Waals surface area (Å²) in [6, 6.07) is -4.10. The lowest BCUT2D eigenvalue weighted by Crippen LogP contribution is -2.60. The lowest BCUT2D eigenvalue weighted by atomic mass is 10.00. The molecule has 0 fully saturated rings. The van der Waals surface area contributed by atoms with Crippen LogP contribution >= 0.6 is 0 Å². The van der Waals surface area contributed by atoms with Crippen molar-refractivity contribution in [2.24, 2.45) is 34.0 Å². The van der Waals surface area contributed by atoms with Gasteiger partial charge in [-0.3, -0.25) is 57.7 Å². The third-order valence-corrected chi connectivity index (χ3v) is 10.4. The first-order valence-electron chi connectivity index (χ1n) is 23.1. The number of aliphatic imine (C=N–C) groups is 1. The maximum absolute atomic E-state index is 13.9. The highest BCUT2D eigenvalue weighted by atomic mass is 16.4. The van der Waals surface area contributed by atoms with E-state index in [0.717, 1.165) is 0 Å². The smallest absolute Gasteiger partial charge is 0.325 e. The molecule has 0 saturated carbocycles. The van der Waals surface area contributed by atoms with Crippen molar-refractivity contribution in [3.8, 4) is 0 Å². The zero-order valence-corrected chi connectivity index (χ0v) is 41.1. The Kier molecular flexibility index (Phi) is 26.9. The molecule has 0 radical (unpaired) electrons. The van der Waals surface area contributed by atoms with Crippen molar-refractivity contribution in [3.05, 3.63) is 35.9 Å². The third-order valence-electron chi connectivity index (χ3n) is 10.4. The summed E-state index contributed by atoms with van der Waals surface area (Å²) in [5.41, 5.74) is 17.4. The molecule has 8 amide bonds. The fourth-order valence-corrected chi connectivity index (χ4v) is 6.59. The lowest BCUT2D eigenvalue weighted by molar-refractivity contribution is -0.142. The number of amides is 8. The van der Waals surface area contributed by atoms with Crippen LogP contribution in [0.25, 0.3) is 0 Å². The number of guanidine groups is 1. The number of benzene rings is 1. The number of carboxylic acids is 3. The van der Waals surface area contributed by atoms with Crippen LogP contribution in [0, 0.1) is 11.8 Å². The molecule has 26 heteroatoms. The fourth-order valence-electron chi connectivity index (χ4n) is 6.59. The number of nitrogens with two attached hydrogens (primary N) is 3. The van der Waals surface area contributed by atoms with Crippen LogP contribution in [0.2, 0.25) is 0 Å². The number of carboxylic acid groups (broad SMARTS) is 3. The summed E-state index contributed by atoms with van der Waals surface area (Å²) in [5.74, 6) is -12.2. The van der Waals surface area contributed by atoms with Crippen molar-refractivity contribution < 1.29 is 68.1 Å². The van der Waals surface area contributed by atoms with Crippen molar-refractivity contribution in [2.45, 2.75) is 154 Å². The predicted octanol–water partition coefficient (Wildman–Crippen LogP) is -2.94. The molecule has 26 nitrogen and oxygen atoms in total. The number of nitrogens with zero attached hydrogens (tertiary/aromatic N) is 1. The van der Waals surface area contributed by atoms with Gasteiger partial charge in [-0.2, -0.15) is 0 Å². The van der Waals surface area contributed by atoms with Crippen molar-refractivity contribution in [1.29, 1.82) is 0 Å². The normalized spacial score (nSPS) is 14.8. The fraction of sp³-hybridized carbons (Fsp3) is 0.600. The molecule has 0 aliphatic rings. The molecule has 1 rings (SSSR count). The average molecular weight is 1010 g/mol. The second-order valence-electron chi connectivity index (χ2n) is 17.9. The van der Waals surface area contributed by atoms with Gasteiger partial charge in [-0.15, -0.1) is 0 Å². The van der Waals surface area contributed by atoms with Gasteiger partial charge in [0.05, 0.1) is 12.5 Å². The minimum absolute atomic E-state index is 0.0261. The average Bonchev–Trinajstić information content (AvgIpc) is 3.27. The van der Waals surface area contributed by atoms with Crippen LogP contribution < -0.4 is 59.7 Å². The van der Waals surface area contributed by atoms with Crippen LogP contribution in [-0.2, 0) is 59.2 Å². The summed E-state index contributed by atoms with van der Waals surface area (Å²) in [7, 11) is 0. The molecule has 0 unspecified atom stereocenters. The van der Waals surface area contributed by atoms with Crippen LogP contribution in [0.3, 0.4) is 0 Å². The summed E-state index contributed by atoms with van der Waals surface area (Å²) >= 11 is 0. The van der Waals surface area contributed by atoms with E-state index >= 15 is 0 Å². The number of hydrogen-bond acceptors (Lipinski definition) is 13. The molecule has 396 valence electrons. The van der Waals surface area contributed by atoms with Gasteiger partial charge >= 0.3 is 17.9 Å². The molecule has 0 saturated heterocycles. The molecule has 1 aromatic rings. The molecule has 0 aliphatic heterocycles. The van der Waals surface area contributed by atoms with Crippen LogP contribution in [0.4, 0.5) is 0 Å². The minimum atomic E-state index is -1.92. The highest BCUT2D eigenvalue weighted by molar-refractivity contribution is 5.99. The van der Waals surface area contributed by atoms with Gasteiger partial charge in [0.15, 0.2) is 5.96 Å². The molecular formula is C45H72N12O14. The van der Waals surface area contributed by atoms with Crippen molar-refractivity contribution in [2.75, 3.05) is 6.54 Å². The molecule has 0 heterocycles. The SMILES string of the molecule is CC(C)C[C@H](NC(=O)[C@H](CCC(=O)O)NC(=O)[C@H](CC(=O)O)NC(=O)[C@H](C)NC(=O)[C@H](Cc1ccccc1)NC(=O)[C@H](CC(C)C)NC(=O)[C@@H](N)CCCN=C(N)N)C(=O)N[C@@H](C)C(=O)N[C@@H](C)C(=O)O. The van der Waals surface area contributed by atoms with E-state index in [1.54, 1.807) is 44.2 Å². The summed E-state index contributed by atoms with van der Waals surface area (Å²) in [6.45, 7) is 10.9. The zero-order chi connectivity index (χ0) is 54.1. The van der Waals surface area contributed by atoms with Gasteiger partial charge in [0.25, 0.3) is 0 Å². The number of nitrogens with one attached hydrogen (secondary N) is 8. The van der Waals surface area contributed by atoms with Crippen molar-refractivity contribution >= 4 is 71.1 Å². The second kappa shape index (κ2) is 31.0. The van der Waals surface area contributed by atoms with Crippen LogP contribution in [0.15, 0.2) is 35.3 Å². The Bertz CT molecular complexity index is 2050. The molecule has 0 spiro atoms. The molecule has 1 aromatic carbocycles. The first kappa shape index (κ1) is 61.6. The Balaban J connectivity index is 3.33. The van der Waals surface area contributed by atoms with Gasteiger partial charge < -0.3 is 75.1 Å². The number of hydrogen-bond donors (Lipinski definition) is 14. The first-order chi connectivity index (χ1) is 33.1. The van der Waals surface area contributed by atoms with E-state index < -0.39 is 139 Å². The lowest BCUT2D eigenvalue weighted by Gasteiger charge is -2.27. The largest absolute Gasteiger partial charge is 0.481 e. The number of aliphatic carboxylic acids is 3. The van der Waals surface area contributed by atoms with Gasteiger partial charge in [0.1, 0.15) is 48.3 Å². The van der Waals surface area contributed by atoms with E-state index in [9.17, 15) is 63.0 Å². The van der Waals surface area contributed by atoms with Gasteiger partial charge in [-0.25, -0.2) is 0 Å². The molecule has 71 heavy (non-hydrogen) atoms. The Morgan fingerprint density at radius 2 is 0.930 bits per heavy atom. The van der Waals surface area contributed by atoms with Crippen LogP contribution in [0.5, 0.6) is 0 Å². The Morgan fingerprint density at radius 3 is 1.42 bits per heavy atom. The zero-order valence-electron chi connectivity index (χ0n) is 41.1. The maximum atomic E-state index is 13.9. The molecular weight excluding hydrogens is 933 g/mol. The Hall–Kier alpha value is -7.38. The van der Waals surface area contributed by atoms with Crippen molar-refractivity contribution in [1.82, 2.24) is 42.5 Å². The quantitative estimate of drug-likeness (QED) is 0.0195. The van der Waals surface area contributed by atoms with E-state index in [0.29, 0.717) is 12.0 Å². The minimum Gasteiger partial charge on any atom is -0.481 e. The molecule has 17 N–H and O–H groups in total. The molecule has 0 aromatic heterocycles. The highest BCUT2D eigenvalue weighted by Gasteiger charge is 2.35. The molecule has 9 atom stereocenters. The van der Waals surface area contributed by atoms with E-state index in [2.05, 4.69) is 47.5 Å². The van der Waals surface area contributed by atoms with E-state index in [1.807, 2.05) is 13.8 Å². The Labute approximate surface area is 411 Å². The standard InChI is InChI=1S/C45H72N12O14/c1-22(2)18-30(40(66)50-24(5)36(62)52-26(7)44(70)71)56-39(65)29(15-16-34(58)59)53-43(69)33(21-35(60)61)54-37(63)25(6)51-41(67)32(20-27-12-9-8-10-13-27)57-42(68)31(19-23(3)4)55-38(64)28(46)14-11-17-49-45(47)48/h8-10,12-13,22-26,28-33H,11,14-21,46H2,1-7H3,(H,50,66)(H,51,67)(H,52,62)(H,53,69)(H,54,63)(H,55,64)(H,56,65)(H,57,68)(H,58,59)(H,60,61)(H,70,71)(H4,47,48,49)/t24-,25-,26-,28-,29-,30-,31-,32-,33-/m0/s1. The van der Waals surface area contributed by atoms with Gasteiger partial charge in [0, 0.05) is 19.4 Å². The van der Waals surface area contributed by atoms with E-state index in [1.165, 1.54) is 20.8 Å². The topological polar surface area (TPSA) is 435 Å². The predicted molar refractivity (Wildman–Crippen MR) is 256 cm³/mol. The summed E-state index contributed by atoms with van der Waals surface area (Å²) in [6.07, 6.45) is -1.74. The number of rotatable bonds is 32. The molecule has 0 bridgehead atoms.